The van der Waals surface area contributed by atoms with Crippen LogP contribution in [-0.2, 0) is 0 Å². The fourth-order valence-electron chi connectivity index (χ4n) is 0.729. The Labute approximate surface area is 81.2 Å². The Morgan fingerprint density at radius 2 is 2.25 bits per heavy atom. The molecule has 0 amide bonds. The van der Waals surface area contributed by atoms with Crippen LogP contribution in [-0.4, -0.2) is 15.0 Å². The minimum Gasteiger partial charge on any atom is -0.626 e. The molecule has 0 bridgehead atoms. The zero-order chi connectivity index (χ0) is 7.52. The van der Waals surface area contributed by atoms with Crippen molar-refractivity contribution in [3.05, 3.63) is 31.1 Å². The predicted molar refractivity (Wildman–Crippen MR) is 36.4 cm³/mol. The van der Waals surface area contributed by atoms with Gasteiger partial charge in [0.2, 0.25) is 0 Å². The third-order valence-electron chi connectivity index (χ3n) is 1.19. The van der Waals surface area contributed by atoms with Crippen molar-refractivity contribution >= 4 is 0 Å². The summed E-state index contributed by atoms with van der Waals surface area (Å²) in [6.07, 6.45) is 7.01. The average molecular weight is 153 g/mol. The normalized spacial score (nSPS) is 9.00. The Morgan fingerprint density at radius 3 is 2.83 bits per heavy atom. The summed E-state index contributed by atoms with van der Waals surface area (Å²) < 4.78 is 4.89. The number of oxazole rings is 1. The van der Waals surface area contributed by atoms with Gasteiger partial charge in [0.05, 0.1) is 5.89 Å². The van der Waals surface area contributed by atoms with E-state index < -0.39 is 0 Å². The minimum absolute atomic E-state index is 0. The average Bonchev–Trinajstić information content (AvgIpc) is 2.58. The van der Waals surface area contributed by atoms with Gasteiger partial charge in [-0.15, -0.1) is 0 Å². The first-order valence-electron chi connectivity index (χ1n) is 3.05. The van der Waals surface area contributed by atoms with Crippen molar-refractivity contribution in [2.24, 2.45) is 0 Å². The Kier molecular flexibility index (Phi) is 3.03. The van der Waals surface area contributed by atoms with E-state index in [0.29, 0.717) is 11.6 Å². The summed E-state index contributed by atoms with van der Waals surface area (Å²) in [6, 6.07) is 1.72. The molecule has 0 saturated heterocycles. The molecule has 0 aliphatic carbocycles. The number of hydrogen-bond acceptors (Lipinski definition) is 4. The zero-order valence-corrected chi connectivity index (χ0v) is 6.56. The van der Waals surface area contributed by atoms with Gasteiger partial charge in [0.25, 0.3) is 0 Å². The molecule has 0 aliphatic rings. The maximum atomic E-state index is 4.89. The topological polar surface area (TPSA) is 51.8 Å². The Hall–Kier alpha value is -1.11. The smallest absolute Gasteiger partial charge is 0.626 e. The van der Waals surface area contributed by atoms with E-state index in [9.17, 15) is 0 Å². The van der Waals surface area contributed by atoms with Crippen LogP contribution in [0.4, 0.5) is 0 Å². The van der Waals surface area contributed by atoms with E-state index in [4.69, 9.17) is 4.42 Å². The SMILES string of the molecule is [Li+].[c-]1cnc(-c2ccncn2)o1. The van der Waals surface area contributed by atoms with E-state index >= 15 is 0 Å². The van der Waals surface area contributed by atoms with Crippen LogP contribution in [0.3, 0.4) is 0 Å². The molecule has 2 rings (SSSR count). The summed E-state index contributed by atoms with van der Waals surface area (Å²) in [5.41, 5.74) is 0.668. The monoisotopic (exact) mass is 153 g/mol. The molecule has 0 atom stereocenters. The molecule has 0 spiro atoms. The predicted octanol–water partition coefficient (Wildman–Crippen LogP) is -2.06. The van der Waals surface area contributed by atoms with Gasteiger partial charge < -0.3 is 9.40 Å². The third-order valence-corrected chi connectivity index (χ3v) is 1.19. The van der Waals surface area contributed by atoms with Gasteiger partial charge in [-0.1, -0.05) is 6.26 Å². The Morgan fingerprint density at radius 1 is 1.33 bits per heavy atom. The maximum absolute atomic E-state index is 4.89. The molecule has 0 aliphatic heterocycles. The van der Waals surface area contributed by atoms with Crippen molar-refractivity contribution in [3.63, 3.8) is 0 Å². The van der Waals surface area contributed by atoms with Crippen molar-refractivity contribution in [1.82, 2.24) is 15.0 Å². The van der Waals surface area contributed by atoms with Crippen LogP contribution in [0, 0.1) is 6.26 Å². The van der Waals surface area contributed by atoms with Crippen LogP contribution in [0.2, 0.25) is 0 Å². The Balaban J connectivity index is 0.000000720. The van der Waals surface area contributed by atoms with Gasteiger partial charge in [-0.05, 0) is 12.3 Å². The van der Waals surface area contributed by atoms with Gasteiger partial charge in [-0.25, -0.2) is 4.98 Å². The van der Waals surface area contributed by atoms with Crippen LogP contribution < -0.4 is 18.9 Å². The van der Waals surface area contributed by atoms with Gasteiger partial charge in [0.1, 0.15) is 6.33 Å². The third kappa shape index (κ3) is 1.73. The molecular formula is C7H4LiN3O. The summed E-state index contributed by atoms with van der Waals surface area (Å²) in [5.74, 6) is 0.465. The number of nitrogens with zero attached hydrogens (tertiary/aromatic N) is 3. The van der Waals surface area contributed by atoms with E-state index in [1.807, 2.05) is 0 Å². The molecule has 5 heteroatoms. The van der Waals surface area contributed by atoms with Gasteiger partial charge in [-0.2, -0.15) is 0 Å². The van der Waals surface area contributed by atoms with Crippen LogP contribution in [0.25, 0.3) is 11.6 Å². The largest absolute Gasteiger partial charge is 1.00 e. The number of aromatic nitrogens is 3. The molecule has 2 heterocycles. The van der Waals surface area contributed by atoms with Crippen molar-refractivity contribution in [2.75, 3.05) is 0 Å². The summed E-state index contributed by atoms with van der Waals surface area (Å²) in [7, 11) is 0. The second-order valence-electron chi connectivity index (χ2n) is 1.88. The molecule has 0 radical (unpaired) electrons. The summed E-state index contributed by atoms with van der Waals surface area (Å²) in [5, 5.41) is 0. The molecule has 0 aromatic carbocycles. The molecule has 0 saturated carbocycles. The van der Waals surface area contributed by atoms with Crippen LogP contribution in [0.5, 0.6) is 0 Å². The second kappa shape index (κ2) is 4.05. The first-order chi connectivity index (χ1) is 5.47. The molecule has 0 N–H and O–H groups in total. The first kappa shape index (κ1) is 8.98. The van der Waals surface area contributed by atoms with Gasteiger partial charge in [-0.3, -0.25) is 4.98 Å². The zero-order valence-electron chi connectivity index (χ0n) is 6.56. The van der Waals surface area contributed by atoms with E-state index in [1.165, 1.54) is 12.5 Å². The van der Waals surface area contributed by atoms with E-state index in [0.717, 1.165) is 0 Å². The van der Waals surface area contributed by atoms with E-state index in [2.05, 4.69) is 21.2 Å². The molecule has 54 valence electrons. The van der Waals surface area contributed by atoms with E-state index in [1.54, 1.807) is 12.3 Å². The van der Waals surface area contributed by atoms with Crippen LogP contribution in [0.1, 0.15) is 0 Å². The minimum atomic E-state index is 0. The van der Waals surface area contributed by atoms with Crippen molar-refractivity contribution in [1.29, 1.82) is 0 Å². The molecule has 0 unspecified atom stereocenters. The Bertz CT molecular complexity index is 322. The van der Waals surface area contributed by atoms with E-state index in [-0.39, 0.29) is 18.9 Å². The second-order valence-corrected chi connectivity index (χ2v) is 1.88. The molecular weight excluding hydrogens is 149 g/mol. The quantitative estimate of drug-likeness (QED) is 0.349. The molecule has 4 nitrogen and oxygen atoms in total. The summed E-state index contributed by atoms with van der Waals surface area (Å²) >= 11 is 0. The maximum Gasteiger partial charge on any atom is 1.00 e. The molecule has 12 heavy (non-hydrogen) atoms. The van der Waals surface area contributed by atoms with Gasteiger partial charge >= 0.3 is 18.9 Å². The van der Waals surface area contributed by atoms with Crippen LogP contribution in [0.15, 0.2) is 29.2 Å². The fourth-order valence-corrected chi connectivity index (χ4v) is 0.729. The standard InChI is InChI=1S/C7H4N3O.Li/c1-2-8-5-10-6(1)7-9-3-4-11-7;/h1-3,5H;/q-1;+1. The summed E-state index contributed by atoms with van der Waals surface area (Å²) in [4.78, 5) is 11.6. The first-order valence-corrected chi connectivity index (χ1v) is 3.05. The van der Waals surface area contributed by atoms with Crippen molar-refractivity contribution in [3.8, 4) is 11.6 Å². The molecule has 0 fully saturated rings. The summed E-state index contributed by atoms with van der Waals surface area (Å²) in [6.45, 7) is 0. The molecule has 2 aromatic rings. The van der Waals surface area contributed by atoms with Gasteiger partial charge in [0.15, 0.2) is 0 Å². The number of hydrogen-bond donors (Lipinski definition) is 0. The molecule has 2 aromatic heterocycles. The number of rotatable bonds is 1. The van der Waals surface area contributed by atoms with Crippen LogP contribution >= 0.6 is 0 Å². The van der Waals surface area contributed by atoms with Crippen molar-refractivity contribution in [2.45, 2.75) is 0 Å². The fraction of sp³-hybridized carbons (Fsp3) is 0. The van der Waals surface area contributed by atoms with Gasteiger partial charge in [0, 0.05) is 11.9 Å². The van der Waals surface area contributed by atoms with Crippen molar-refractivity contribution < 1.29 is 23.3 Å².